The van der Waals surface area contributed by atoms with Gasteiger partial charge in [-0.15, -0.1) is 0 Å². The van der Waals surface area contributed by atoms with Crippen LogP contribution in [0.15, 0.2) is 0 Å². The SMILES string of the molecule is CCOC(=O)C(=[N+]=[N-])C(=O)CC1CCCC1=O. The average molecular weight is 238 g/mol. The second-order valence-corrected chi connectivity index (χ2v) is 3.85. The number of hydrogen-bond donors (Lipinski definition) is 0. The van der Waals surface area contributed by atoms with Crippen LogP contribution in [-0.4, -0.2) is 34.6 Å². The van der Waals surface area contributed by atoms with Crippen LogP contribution in [0.25, 0.3) is 5.53 Å². The second-order valence-electron chi connectivity index (χ2n) is 3.85. The van der Waals surface area contributed by atoms with E-state index in [1.807, 2.05) is 0 Å². The average Bonchev–Trinajstić information content (AvgIpc) is 2.66. The van der Waals surface area contributed by atoms with E-state index in [9.17, 15) is 14.4 Å². The largest absolute Gasteiger partial charge is 0.457 e. The van der Waals surface area contributed by atoms with Gasteiger partial charge in [-0.3, -0.25) is 9.59 Å². The summed E-state index contributed by atoms with van der Waals surface area (Å²) in [6.45, 7) is 1.67. The maximum Gasteiger partial charge on any atom is 0.441 e. The van der Waals surface area contributed by atoms with Crippen LogP contribution in [0.4, 0.5) is 0 Å². The molecule has 1 aliphatic carbocycles. The number of carbonyl (C=O) groups is 3. The summed E-state index contributed by atoms with van der Waals surface area (Å²) in [7, 11) is 0. The molecule has 1 unspecified atom stereocenters. The Balaban J connectivity index is 2.65. The fourth-order valence-corrected chi connectivity index (χ4v) is 1.83. The zero-order chi connectivity index (χ0) is 12.8. The van der Waals surface area contributed by atoms with Gasteiger partial charge in [0.15, 0.2) is 0 Å². The van der Waals surface area contributed by atoms with E-state index < -0.39 is 17.5 Å². The number of hydrogen-bond acceptors (Lipinski definition) is 4. The molecular formula is C11H14N2O4. The lowest BCUT2D eigenvalue weighted by atomic mass is 9.98. The van der Waals surface area contributed by atoms with Crippen molar-refractivity contribution in [2.75, 3.05) is 6.61 Å². The van der Waals surface area contributed by atoms with E-state index in [0.29, 0.717) is 12.8 Å². The number of ether oxygens (including phenoxy) is 1. The number of rotatable bonds is 5. The topological polar surface area (TPSA) is 96.8 Å². The normalized spacial score (nSPS) is 18.6. The first-order valence-electron chi connectivity index (χ1n) is 5.55. The Morgan fingerprint density at radius 3 is 2.71 bits per heavy atom. The second kappa shape index (κ2) is 6.06. The summed E-state index contributed by atoms with van der Waals surface area (Å²) >= 11 is 0. The summed E-state index contributed by atoms with van der Waals surface area (Å²) in [5.41, 5.74) is 7.98. The predicted octanol–water partition coefficient (Wildman–Crippen LogP) is 0.549. The molecule has 1 rings (SSSR count). The molecule has 17 heavy (non-hydrogen) atoms. The molecule has 1 atom stereocenters. The minimum Gasteiger partial charge on any atom is -0.457 e. The van der Waals surface area contributed by atoms with Gasteiger partial charge >= 0.3 is 11.7 Å². The third-order valence-electron chi connectivity index (χ3n) is 2.70. The van der Waals surface area contributed by atoms with Gasteiger partial charge in [-0.2, -0.15) is 4.79 Å². The highest BCUT2D eigenvalue weighted by atomic mass is 16.5. The third-order valence-corrected chi connectivity index (χ3v) is 2.70. The molecule has 0 aromatic rings. The molecule has 0 aromatic heterocycles. The van der Waals surface area contributed by atoms with E-state index >= 15 is 0 Å². The number of ketones is 2. The monoisotopic (exact) mass is 238 g/mol. The molecule has 1 fully saturated rings. The lowest BCUT2D eigenvalue weighted by Gasteiger charge is -2.03. The van der Waals surface area contributed by atoms with E-state index in [4.69, 9.17) is 5.53 Å². The molecule has 1 aliphatic rings. The van der Waals surface area contributed by atoms with Crippen molar-refractivity contribution in [3.8, 4) is 0 Å². The Morgan fingerprint density at radius 2 is 2.24 bits per heavy atom. The highest BCUT2D eigenvalue weighted by Gasteiger charge is 2.35. The van der Waals surface area contributed by atoms with Gasteiger partial charge in [0, 0.05) is 18.8 Å². The van der Waals surface area contributed by atoms with Gasteiger partial charge in [0.25, 0.3) is 5.78 Å². The molecule has 0 spiro atoms. The quantitative estimate of drug-likeness (QED) is 0.229. The minimum absolute atomic E-state index is 0.0273. The molecule has 0 radical (unpaired) electrons. The van der Waals surface area contributed by atoms with Crippen LogP contribution in [-0.2, 0) is 19.1 Å². The molecule has 0 aromatic carbocycles. The van der Waals surface area contributed by atoms with Crippen LogP contribution in [0, 0.1) is 5.92 Å². The highest BCUT2D eigenvalue weighted by Crippen LogP contribution is 2.24. The van der Waals surface area contributed by atoms with Crippen LogP contribution in [0.1, 0.15) is 32.6 Å². The van der Waals surface area contributed by atoms with Crippen molar-refractivity contribution in [3.63, 3.8) is 0 Å². The Hall–Kier alpha value is -1.81. The maximum atomic E-state index is 11.6. The van der Waals surface area contributed by atoms with Crippen LogP contribution in [0.3, 0.4) is 0 Å². The van der Waals surface area contributed by atoms with E-state index in [1.54, 1.807) is 6.92 Å². The van der Waals surface area contributed by atoms with Gasteiger partial charge in [0.2, 0.25) is 0 Å². The van der Waals surface area contributed by atoms with E-state index in [0.717, 1.165) is 6.42 Å². The molecular weight excluding hydrogens is 224 g/mol. The maximum absolute atomic E-state index is 11.6. The molecule has 0 saturated heterocycles. The summed E-state index contributed by atoms with van der Waals surface area (Å²) in [5.74, 6) is -1.93. The molecule has 0 amide bonds. The molecule has 0 heterocycles. The molecule has 1 saturated carbocycles. The van der Waals surface area contributed by atoms with Crippen LogP contribution < -0.4 is 0 Å². The van der Waals surface area contributed by atoms with Crippen molar-refractivity contribution in [1.29, 1.82) is 0 Å². The van der Waals surface area contributed by atoms with Gasteiger partial charge in [0.1, 0.15) is 5.78 Å². The van der Waals surface area contributed by atoms with Gasteiger partial charge in [-0.25, -0.2) is 4.79 Å². The number of nitrogens with zero attached hydrogens (tertiary/aromatic N) is 2. The summed E-state index contributed by atoms with van der Waals surface area (Å²) in [5, 5.41) is 0. The molecule has 6 nitrogen and oxygen atoms in total. The first-order valence-corrected chi connectivity index (χ1v) is 5.55. The molecule has 0 N–H and O–H groups in total. The summed E-state index contributed by atoms with van der Waals surface area (Å²) < 4.78 is 4.57. The highest BCUT2D eigenvalue weighted by molar-refractivity contribution is 6.62. The number of Topliss-reactive ketones (excluding diaryl/α,β-unsaturated/α-hetero) is 2. The van der Waals surface area contributed by atoms with E-state index in [2.05, 4.69) is 9.53 Å². The van der Waals surface area contributed by atoms with Crippen molar-refractivity contribution in [3.05, 3.63) is 5.53 Å². The van der Waals surface area contributed by atoms with Crippen LogP contribution >= 0.6 is 0 Å². The van der Waals surface area contributed by atoms with Gasteiger partial charge in [-0.05, 0) is 19.8 Å². The minimum atomic E-state index is -0.953. The lowest BCUT2D eigenvalue weighted by molar-refractivity contribution is -0.142. The summed E-state index contributed by atoms with van der Waals surface area (Å²) in [6, 6.07) is 0. The van der Waals surface area contributed by atoms with Crippen molar-refractivity contribution in [1.82, 2.24) is 0 Å². The first kappa shape index (κ1) is 13.3. The van der Waals surface area contributed by atoms with E-state index in [-0.39, 0.29) is 24.7 Å². The van der Waals surface area contributed by atoms with E-state index in [1.165, 1.54) is 0 Å². The van der Waals surface area contributed by atoms with Crippen molar-refractivity contribution >= 4 is 23.2 Å². The van der Waals surface area contributed by atoms with Gasteiger partial charge < -0.3 is 10.3 Å². The lowest BCUT2D eigenvalue weighted by Crippen LogP contribution is -2.29. The van der Waals surface area contributed by atoms with Gasteiger partial charge in [-0.1, -0.05) is 0 Å². The molecule has 6 heteroatoms. The Morgan fingerprint density at radius 1 is 1.53 bits per heavy atom. The third kappa shape index (κ3) is 3.32. The fraction of sp³-hybridized carbons (Fsp3) is 0.636. The number of esters is 1. The Kier molecular flexibility index (Phi) is 4.72. The van der Waals surface area contributed by atoms with Crippen molar-refractivity contribution < 1.29 is 23.9 Å². The Bertz CT molecular complexity index is 396. The van der Waals surface area contributed by atoms with Gasteiger partial charge in [0.05, 0.1) is 6.61 Å². The summed E-state index contributed by atoms with van der Waals surface area (Å²) in [4.78, 5) is 36.9. The van der Waals surface area contributed by atoms with Crippen LogP contribution in [0.5, 0.6) is 0 Å². The summed E-state index contributed by atoms with van der Waals surface area (Å²) in [6.07, 6.45) is 1.80. The first-order chi connectivity index (χ1) is 8.10. The zero-order valence-electron chi connectivity index (χ0n) is 9.64. The van der Waals surface area contributed by atoms with Crippen LogP contribution in [0.2, 0.25) is 0 Å². The molecule has 0 aliphatic heterocycles. The molecule has 92 valence electrons. The number of carbonyl (C=O) groups excluding carboxylic acids is 3. The molecule has 0 bridgehead atoms. The van der Waals surface area contributed by atoms with Crippen molar-refractivity contribution in [2.45, 2.75) is 32.6 Å². The Labute approximate surface area is 98.6 Å². The zero-order valence-corrected chi connectivity index (χ0v) is 9.64. The van der Waals surface area contributed by atoms with Crippen molar-refractivity contribution in [2.24, 2.45) is 5.92 Å². The standard InChI is InChI=1S/C11H14N2O4/c1-2-17-11(16)10(13-12)9(15)6-7-4-3-5-8(7)14/h7H,2-6H2,1H3. The smallest absolute Gasteiger partial charge is 0.441 e. The fourth-order valence-electron chi connectivity index (χ4n) is 1.83. The predicted molar refractivity (Wildman–Crippen MR) is 57.2 cm³/mol.